The van der Waals surface area contributed by atoms with Crippen LogP contribution in [0.2, 0.25) is 0 Å². The molecule has 1 aromatic carbocycles. The van der Waals surface area contributed by atoms with Gasteiger partial charge in [-0.15, -0.1) is 0 Å². The Morgan fingerprint density at radius 1 is 1.32 bits per heavy atom. The van der Waals surface area contributed by atoms with Gasteiger partial charge in [0.05, 0.1) is 17.8 Å². The van der Waals surface area contributed by atoms with Crippen molar-refractivity contribution in [2.75, 3.05) is 24.1 Å². The van der Waals surface area contributed by atoms with Gasteiger partial charge < -0.3 is 16.0 Å². The summed E-state index contributed by atoms with van der Waals surface area (Å²) in [7, 11) is 0. The fourth-order valence-corrected chi connectivity index (χ4v) is 2.83. The second-order valence-electron chi connectivity index (χ2n) is 5.85. The van der Waals surface area contributed by atoms with Gasteiger partial charge >= 0.3 is 12.6 Å². The van der Waals surface area contributed by atoms with Crippen LogP contribution in [0.25, 0.3) is 10.9 Å². The number of hydrogen-bond donors (Lipinski definition) is 2. The van der Waals surface area contributed by atoms with Gasteiger partial charge in [-0.25, -0.2) is 9.48 Å². The normalized spacial score (nSPS) is 14.9. The second kappa shape index (κ2) is 5.72. The molecule has 0 aliphatic carbocycles. The van der Waals surface area contributed by atoms with Gasteiger partial charge in [0.15, 0.2) is 0 Å². The zero-order valence-electron chi connectivity index (χ0n) is 13.0. The molecule has 0 unspecified atom stereocenters. The van der Waals surface area contributed by atoms with Crippen LogP contribution in [0.15, 0.2) is 36.7 Å². The summed E-state index contributed by atoms with van der Waals surface area (Å²) >= 11 is 0. The minimum absolute atomic E-state index is 0.106. The third kappa shape index (κ3) is 2.75. The lowest BCUT2D eigenvalue weighted by Crippen LogP contribution is -2.52. The zero-order valence-corrected chi connectivity index (χ0v) is 13.0. The van der Waals surface area contributed by atoms with E-state index in [-0.39, 0.29) is 12.1 Å². The van der Waals surface area contributed by atoms with E-state index in [1.54, 1.807) is 34.0 Å². The van der Waals surface area contributed by atoms with Crippen molar-refractivity contribution in [1.29, 1.82) is 0 Å². The van der Waals surface area contributed by atoms with Crippen LogP contribution in [0.3, 0.4) is 0 Å². The monoisotopic (exact) mass is 347 g/mol. The lowest BCUT2D eigenvalue weighted by molar-refractivity contribution is 0.0615. The van der Waals surface area contributed by atoms with Crippen molar-refractivity contribution in [3.05, 3.63) is 36.7 Å². The van der Waals surface area contributed by atoms with Crippen molar-refractivity contribution < 1.29 is 13.6 Å². The topological polar surface area (TPSA) is 94.0 Å². The molecule has 0 atom stereocenters. The van der Waals surface area contributed by atoms with E-state index in [4.69, 9.17) is 5.73 Å². The molecule has 25 heavy (non-hydrogen) atoms. The number of nitrogen functional groups attached to an aromatic ring is 1. The molecule has 1 aliphatic rings. The number of amides is 2. The average Bonchev–Trinajstić information content (AvgIpc) is 3.11. The van der Waals surface area contributed by atoms with E-state index in [9.17, 15) is 13.6 Å². The number of alkyl halides is 2. The van der Waals surface area contributed by atoms with Crippen molar-refractivity contribution in [2.24, 2.45) is 0 Å². The van der Waals surface area contributed by atoms with Crippen molar-refractivity contribution in [2.45, 2.75) is 12.6 Å². The number of anilines is 2. The maximum atomic E-state index is 12.8. The molecule has 1 fully saturated rings. The highest BCUT2D eigenvalue weighted by atomic mass is 19.3. The molecule has 0 saturated carbocycles. The first-order valence-electron chi connectivity index (χ1n) is 7.63. The summed E-state index contributed by atoms with van der Waals surface area (Å²) in [6.45, 7) is -1.65. The molecule has 0 spiro atoms. The average molecular weight is 347 g/mol. The predicted octanol–water partition coefficient (Wildman–Crippen LogP) is 2.30. The smallest absolute Gasteiger partial charge is 0.333 e. The highest BCUT2D eigenvalue weighted by molar-refractivity contribution is 5.93. The van der Waals surface area contributed by atoms with Crippen molar-refractivity contribution in [1.82, 2.24) is 24.5 Å². The van der Waals surface area contributed by atoms with Crippen LogP contribution < -0.4 is 11.1 Å². The SMILES string of the molecule is Nc1ccn(C2CN(C(=O)Nc3ccc4c(cnn4C(F)F)c3)C2)n1. The van der Waals surface area contributed by atoms with Crippen LogP contribution in [0.4, 0.5) is 25.1 Å². The largest absolute Gasteiger partial charge is 0.382 e. The van der Waals surface area contributed by atoms with Gasteiger partial charge in [0.1, 0.15) is 5.82 Å². The van der Waals surface area contributed by atoms with Gasteiger partial charge in [0, 0.05) is 30.4 Å². The summed E-state index contributed by atoms with van der Waals surface area (Å²) in [5.41, 5.74) is 6.42. The van der Waals surface area contributed by atoms with E-state index in [0.29, 0.717) is 40.2 Å². The van der Waals surface area contributed by atoms with E-state index >= 15 is 0 Å². The van der Waals surface area contributed by atoms with Gasteiger partial charge in [0.2, 0.25) is 0 Å². The number of halogens is 2. The number of carbonyl (C=O) groups is 1. The highest BCUT2D eigenvalue weighted by Crippen LogP contribution is 2.25. The molecule has 1 aliphatic heterocycles. The number of nitrogens with one attached hydrogen (secondary N) is 1. The Balaban J connectivity index is 1.41. The van der Waals surface area contributed by atoms with Crippen LogP contribution in [0, 0.1) is 0 Å². The Labute approximate surface area is 140 Å². The zero-order chi connectivity index (χ0) is 17.6. The number of urea groups is 1. The number of rotatable bonds is 3. The van der Waals surface area contributed by atoms with E-state index in [1.165, 1.54) is 12.3 Å². The van der Waals surface area contributed by atoms with Gasteiger partial charge in [-0.3, -0.25) is 4.68 Å². The van der Waals surface area contributed by atoms with Crippen molar-refractivity contribution in [3.63, 3.8) is 0 Å². The summed E-state index contributed by atoms with van der Waals surface area (Å²) in [5, 5.41) is 11.1. The highest BCUT2D eigenvalue weighted by Gasteiger charge is 2.32. The summed E-state index contributed by atoms with van der Waals surface area (Å²) in [4.78, 5) is 13.9. The van der Waals surface area contributed by atoms with E-state index in [2.05, 4.69) is 15.5 Å². The summed E-state index contributed by atoms with van der Waals surface area (Å²) in [5.74, 6) is 0.445. The number of carbonyl (C=O) groups excluding carboxylic acids is 1. The van der Waals surface area contributed by atoms with Crippen molar-refractivity contribution >= 4 is 28.4 Å². The first kappa shape index (κ1) is 15.4. The number of likely N-dealkylation sites (tertiary alicyclic amines) is 1. The third-order valence-electron chi connectivity index (χ3n) is 4.18. The third-order valence-corrected chi connectivity index (χ3v) is 4.18. The van der Waals surface area contributed by atoms with Crippen LogP contribution in [0.1, 0.15) is 12.6 Å². The van der Waals surface area contributed by atoms with E-state index in [1.807, 2.05) is 0 Å². The number of nitrogens with zero attached hydrogens (tertiary/aromatic N) is 5. The molecule has 0 radical (unpaired) electrons. The molecule has 3 N–H and O–H groups in total. The Bertz CT molecular complexity index is 929. The summed E-state index contributed by atoms with van der Waals surface area (Å²) in [6.07, 6.45) is 3.13. The number of fused-ring (bicyclic) bond motifs is 1. The molecular formula is C15H15F2N7O. The Morgan fingerprint density at radius 3 is 2.80 bits per heavy atom. The number of aromatic nitrogens is 4. The molecule has 2 amide bonds. The van der Waals surface area contributed by atoms with Gasteiger partial charge in [-0.1, -0.05) is 0 Å². The van der Waals surface area contributed by atoms with Crippen LogP contribution in [-0.4, -0.2) is 43.6 Å². The number of hydrogen-bond acceptors (Lipinski definition) is 4. The van der Waals surface area contributed by atoms with Gasteiger partial charge in [-0.05, 0) is 24.3 Å². The van der Waals surface area contributed by atoms with Crippen LogP contribution >= 0.6 is 0 Å². The standard InChI is InChI=1S/C15H15F2N7O/c16-14(17)24-12-2-1-10(5-9(12)6-19-24)20-15(25)22-7-11(8-22)23-4-3-13(18)21-23/h1-6,11,14H,7-8H2,(H2,18,21)(H,20,25). The second-order valence-corrected chi connectivity index (χ2v) is 5.85. The maximum Gasteiger partial charge on any atom is 0.333 e. The molecule has 8 nitrogen and oxygen atoms in total. The van der Waals surface area contributed by atoms with Crippen molar-refractivity contribution in [3.8, 4) is 0 Å². The quantitative estimate of drug-likeness (QED) is 0.760. The molecular weight excluding hydrogens is 332 g/mol. The van der Waals surface area contributed by atoms with E-state index in [0.717, 1.165) is 0 Å². The molecule has 2 aromatic heterocycles. The lowest BCUT2D eigenvalue weighted by Gasteiger charge is -2.38. The minimum Gasteiger partial charge on any atom is -0.382 e. The molecule has 0 bridgehead atoms. The summed E-state index contributed by atoms with van der Waals surface area (Å²) in [6, 6.07) is 6.26. The minimum atomic E-state index is -2.70. The van der Waals surface area contributed by atoms with Gasteiger partial charge in [-0.2, -0.15) is 19.0 Å². The maximum absolute atomic E-state index is 12.8. The Hall–Kier alpha value is -3.17. The predicted molar refractivity (Wildman–Crippen MR) is 87.3 cm³/mol. The molecule has 1 saturated heterocycles. The van der Waals surface area contributed by atoms with Crippen LogP contribution in [-0.2, 0) is 0 Å². The number of benzene rings is 1. The fourth-order valence-electron chi connectivity index (χ4n) is 2.83. The summed E-state index contributed by atoms with van der Waals surface area (Å²) < 4.78 is 28.0. The first-order valence-corrected chi connectivity index (χ1v) is 7.63. The van der Waals surface area contributed by atoms with E-state index < -0.39 is 6.55 Å². The molecule has 3 heterocycles. The molecule has 3 aromatic rings. The van der Waals surface area contributed by atoms with Crippen LogP contribution in [0.5, 0.6) is 0 Å². The number of nitrogens with two attached hydrogens (primary N) is 1. The Kier molecular flexibility index (Phi) is 3.52. The Morgan fingerprint density at radius 2 is 2.12 bits per heavy atom. The molecule has 130 valence electrons. The first-order chi connectivity index (χ1) is 12.0. The fraction of sp³-hybridized carbons (Fsp3) is 0.267. The lowest BCUT2D eigenvalue weighted by atomic mass is 10.1. The molecule has 10 heteroatoms. The van der Waals surface area contributed by atoms with Gasteiger partial charge in [0.25, 0.3) is 0 Å². The molecule has 4 rings (SSSR count).